The smallest absolute Gasteiger partial charge is 0.251 e. The Kier molecular flexibility index (Phi) is 5.51. The minimum atomic E-state index is -0.110. The zero-order valence-corrected chi connectivity index (χ0v) is 14.4. The van der Waals surface area contributed by atoms with Gasteiger partial charge in [-0.15, -0.1) is 0 Å². The van der Waals surface area contributed by atoms with Gasteiger partial charge in [-0.1, -0.05) is 12.8 Å². The second-order valence-electron chi connectivity index (χ2n) is 6.98. The Morgan fingerprint density at radius 2 is 1.62 bits per heavy atom. The molecule has 5 heteroatoms. The van der Waals surface area contributed by atoms with Crippen LogP contribution in [0.5, 0.6) is 0 Å². The average Bonchev–Trinajstić information content (AvgIpc) is 3.10. The van der Waals surface area contributed by atoms with Gasteiger partial charge in [0.25, 0.3) is 5.91 Å². The highest BCUT2D eigenvalue weighted by Gasteiger charge is 2.27. The van der Waals surface area contributed by atoms with Crippen LogP contribution in [0.25, 0.3) is 0 Å². The number of benzene rings is 1. The zero-order chi connectivity index (χ0) is 16.9. The summed E-state index contributed by atoms with van der Waals surface area (Å²) in [5.74, 6) is -0.134. The number of anilines is 1. The number of likely N-dealkylation sites (tertiary alicyclic amines) is 1. The van der Waals surface area contributed by atoms with Crippen LogP contribution >= 0.6 is 0 Å². The first-order valence-electron chi connectivity index (χ1n) is 9.04. The lowest BCUT2D eigenvalue weighted by atomic mass is 10.0. The number of carbonyl (C=O) groups is 2. The summed E-state index contributed by atoms with van der Waals surface area (Å²) in [4.78, 5) is 26.0. The number of carbonyl (C=O) groups excluding carboxylic acids is 2. The second kappa shape index (κ2) is 7.79. The lowest BCUT2D eigenvalue weighted by Gasteiger charge is -2.36. The first-order chi connectivity index (χ1) is 11.6. The van der Waals surface area contributed by atoms with Crippen LogP contribution < -0.4 is 10.6 Å². The van der Waals surface area contributed by atoms with E-state index in [9.17, 15) is 9.59 Å². The molecule has 1 heterocycles. The van der Waals surface area contributed by atoms with Crippen LogP contribution in [-0.2, 0) is 4.79 Å². The fourth-order valence-electron chi connectivity index (χ4n) is 3.86. The number of hydrogen-bond donors (Lipinski definition) is 2. The fraction of sp³-hybridized carbons (Fsp3) is 0.579. The third-order valence-electron chi connectivity index (χ3n) is 5.17. The maximum absolute atomic E-state index is 12.4. The number of rotatable bonds is 4. The summed E-state index contributed by atoms with van der Waals surface area (Å²) in [6, 6.07) is 8.09. The number of amides is 2. The molecule has 2 N–H and O–H groups in total. The van der Waals surface area contributed by atoms with Crippen LogP contribution in [-0.4, -0.2) is 41.9 Å². The fourth-order valence-corrected chi connectivity index (χ4v) is 3.86. The molecule has 0 radical (unpaired) electrons. The van der Waals surface area contributed by atoms with Crippen molar-refractivity contribution in [1.82, 2.24) is 10.2 Å². The normalized spacial score (nSPS) is 20.0. The Morgan fingerprint density at radius 1 is 1.00 bits per heavy atom. The number of piperidine rings is 1. The monoisotopic (exact) mass is 329 g/mol. The molecule has 0 aromatic heterocycles. The van der Waals surface area contributed by atoms with Gasteiger partial charge in [0, 0.05) is 43.3 Å². The van der Waals surface area contributed by atoms with E-state index in [1.807, 2.05) is 0 Å². The molecule has 0 spiro atoms. The summed E-state index contributed by atoms with van der Waals surface area (Å²) in [7, 11) is 0. The molecule has 2 amide bonds. The van der Waals surface area contributed by atoms with E-state index in [4.69, 9.17) is 0 Å². The predicted molar refractivity (Wildman–Crippen MR) is 95.1 cm³/mol. The molecular weight excluding hydrogens is 302 g/mol. The maximum Gasteiger partial charge on any atom is 0.251 e. The second-order valence-corrected chi connectivity index (χ2v) is 6.98. The Labute approximate surface area is 143 Å². The molecule has 0 atom stereocenters. The summed E-state index contributed by atoms with van der Waals surface area (Å²) in [6.45, 7) is 3.66. The molecule has 1 saturated carbocycles. The lowest BCUT2D eigenvalue weighted by Crippen LogP contribution is -2.47. The molecule has 1 saturated heterocycles. The molecule has 0 unspecified atom stereocenters. The van der Waals surface area contributed by atoms with E-state index in [2.05, 4.69) is 15.5 Å². The summed E-state index contributed by atoms with van der Waals surface area (Å²) in [6.07, 6.45) is 7.50. The van der Waals surface area contributed by atoms with Crippen LogP contribution in [0.2, 0.25) is 0 Å². The minimum Gasteiger partial charge on any atom is -0.349 e. The SMILES string of the molecule is CC(=O)Nc1ccc(C(=O)NC2CCN(C3CCCC3)CC2)cc1. The molecule has 1 aliphatic heterocycles. The van der Waals surface area contributed by atoms with Gasteiger partial charge in [-0.05, 0) is 49.9 Å². The van der Waals surface area contributed by atoms with Crippen molar-refractivity contribution < 1.29 is 9.59 Å². The van der Waals surface area contributed by atoms with E-state index in [1.165, 1.54) is 32.6 Å². The maximum atomic E-state index is 12.4. The molecule has 24 heavy (non-hydrogen) atoms. The van der Waals surface area contributed by atoms with Crippen LogP contribution in [0.15, 0.2) is 24.3 Å². The molecule has 1 aliphatic carbocycles. The van der Waals surface area contributed by atoms with E-state index in [1.54, 1.807) is 24.3 Å². The zero-order valence-electron chi connectivity index (χ0n) is 14.4. The largest absolute Gasteiger partial charge is 0.349 e. The van der Waals surface area contributed by atoms with E-state index in [0.717, 1.165) is 32.0 Å². The molecule has 5 nitrogen and oxygen atoms in total. The number of nitrogens with one attached hydrogen (secondary N) is 2. The van der Waals surface area contributed by atoms with Gasteiger partial charge >= 0.3 is 0 Å². The van der Waals surface area contributed by atoms with Gasteiger partial charge in [0.05, 0.1) is 0 Å². The first kappa shape index (κ1) is 17.0. The molecule has 1 aromatic rings. The Hall–Kier alpha value is -1.88. The van der Waals surface area contributed by atoms with Crippen molar-refractivity contribution in [3.05, 3.63) is 29.8 Å². The number of hydrogen-bond acceptors (Lipinski definition) is 3. The van der Waals surface area contributed by atoms with Crippen molar-refractivity contribution in [2.45, 2.75) is 57.5 Å². The average molecular weight is 329 g/mol. The van der Waals surface area contributed by atoms with Crippen molar-refractivity contribution in [3.8, 4) is 0 Å². The van der Waals surface area contributed by atoms with E-state index in [0.29, 0.717) is 11.3 Å². The number of nitrogens with zero attached hydrogens (tertiary/aromatic N) is 1. The third kappa shape index (κ3) is 4.35. The highest BCUT2D eigenvalue weighted by Crippen LogP contribution is 2.26. The third-order valence-corrected chi connectivity index (χ3v) is 5.17. The van der Waals surface area contributed by atoms with Gasteiger partial charge in [0.1, 0.15) is 0 Å². The van der Waals surface area contributed by atoms with Crippen LogP contribution in [0, 0.1) is 0 Å². The molecule has 3 rings (SSSR count). The van der Waals surface area contributed by atoms with Gasteiger partial charge in [0.2, 0.25) is 5.91 Å². The van der Waals surface area contributed by atoms with Crippen LogP contribution in [0.3, 0.4) is 0 Å². The van der Waals surface area contributed by atoms with E-state index < -0.39 is 0 Å². The molecular formula is C19H27N3O2. The van der Waals surface area contributed by atoms with Crippen molar-refractivity contribution in [3.63, 3.8) is 0 Å². The van der Waals surface area contributed by atoms with Crippen molar-refractivity contribution in [2.75, 3.05) is 18.4 Å². The molecule has 2 aliphatic rings. The first-order valence-corrected chi connectivity index (χ1v) is 9.04. The van der Waals surface area contributed by atoms with Gasteiger partial charge in [-0.25, -0.2) is 0 Å². The van der Waals surface area contributed by atoms with Crippen LogP contribution in [0.1, 0.15) is 55.8 Å². The summed E-state index contributed by atoms with van der Waals surface area (Å²) in [5, 5.41) is 5.86. The Morgan fingerprint density at radius 3 is 2.21 bits per heavy atom. The van der Waals surface area contributed by atoms with Crippen molar-refractivity contribution in [1.29, 1.82) is 0 Å². The lowest BCUT2D eigenvalue weighted by molar-refractivity contribution is -0.114. The topological polar surface area (TPSA) is 61.4 Å². The van der Waals surface area contributed by atoms with Gasteiger partial charge in [-0.2, -0.15) is 0 Å². The standard InChI is InChI=1S/C19H27N3O2/c1-14(23)20-16-8-6-15(7-9-16)19(24)21-17-10-12-22(13-11-17)18-4-2-3-5-18/h6-9,17-18H,2-5,10-13H2,1H3,(H,20,23)(H,21,24). The summed E-state index contributed by atoms with van der Waals surface area (Å²) in [5.41, 5.74) is 1.35. The summed E-state index contributed by atoms with van der Waals surface area (Å²) < 4.78 is 0. The molecule has 1 aromatic carbocycles. The van der Waals surface area contributed by atoms with E-state index >= 15 is 0 Å². The quantitative estimate of drug-likeness (QED) is 0.893. The van der Waals surface area contributed by atoms with Gasteiger partial charge < -0.3 is 15.5 Å². The predicted octanol–water partition coefficient (Wildman–Crippen LogP) is 2.78. The van der Waals surface area contributed by atoms with Crippen molar-refractivity contribution >= 4 is 17.5 Å². The molecule has 2 fully saturated rings. The van der Waals surface area contributed by atoms with E-state index in [-0.39, 0.29) is 17.9 Å². The highest BCUT2D eigenvalue weighted by molar-refractivity contribution is 5.95. The van der Waals surface area contributed by atoms with Crippen LogP contribution in [0.4, 0.5) is 5.69 Å². The Balaban J connectivity index is 1.47. The van der Waals surface area contributed by atoms with Gasteiger partial charge in [-0.3, -0.25) is 9.59 Å². The Bertz CT molecular complexity index is 571. The summed E-state index contributed by atoms with van der Waals surface area (Å²) >= 11 is 0. The minimum absolute atomic E-state index is 0.0244. The van der Waals surface area contributed by atoms with Crippen molar-refractivity contribution in [2.24, 2.45) is 0 Å². The molecule has 0 bridgehead atoms. The van der Waals surface area contributed by atoms with Gasteiger partial charge in [0.15, 0.2) is 0 Å². The highest BCUT2D eigenvalue weighted by atomic mass is 16.2. The molecule has 130 valence electrons.